The van der Waals surface area contributed by atoms with Crippen LogP contribution in [-0.2, 0) is 16.1 Å². The second kappa shape index (κ2) is 10.6. The van der Waals surface area contributed by atoms with Crippen LogP contribution in [0.1, 0.15) is 78.6 Å². The Hall–Kier alpha value is -3.35. The number of hydrogen-bond donors (Lipinski definition) is 1. The van der Waals surface area contributed by atoms with Crippen molar-refractivity contribution in [3.8, 4) is 0 Å². The Kier molecular flexibility index (Phi) is 7.62. The number of carbonyl (C=O) groups excluding carboxylic acids is 2. The van der Waals surface area contributed by atoms with Crippen LogP contribution in [0.25, 0.3) is 0 Å². The van der Waals surface area contributed by atoms with Crippen LogP contribution in [0, 0.1) is 19.8 Å². The van der Waals surface area contributed by atoms with Crippen molar-refractivity contribution >= 4 is 18.0 Å². The smallest absolute Gasteiger partial charge is 0.410 e. The summed E-state index contributed by atoms with van der Waals surface area (Å²) in [5.74, 6) is -1.66. The Labute approximate surface area is 219 Å². The second-order valence-electron chi connectivity index (χ2n) is 11.4. The van der Waals surface area contributed by atoms with Crippen molar-refractivity contribution in [1.82, 2.24) is 9.80 Å². The fourth-order valence-corrected chi connectivity index (χ4v) is 5.15. The average molecular weight is 507 g/mol. The van der Waals surface area contributed by atoms with E-state index in [1.165, 1.54) is 11.1 Å². The predicted molar refractivity (Wildman–Crippen MR) is 142 cm³/mol. The quantitative estimate of drug-likeness (QED) is 0.556. The maximum Gasteiger partial charge on any atom is 0.410 e. The van der Waals surface area contributed by atoms with E-state index in [0.717, 1.165) is 24.0 Å². The molecule has 2 aromatic carbocycles. The van der Waals surface area contributed by atoms with E-state index >= 15 is 0 Å². The van der Waals surface area contributed by atoms with Crippen LogP contribution in [0.5, 0.6) is 0 Å². The molecular weight excluding hydrogens is 468 g/mol. The van der Waals surface area contributed by atoms with Crippen molar-refractivity contribution in [1.29, 1.82) is 0 Å². The maximum atomic E-state index is 14.3. The molecule has 1 heterocycles. The van der Waals surface area contributed by atoms with Gasteiger partial charge in [0, 0.05) is 25.7 Å². The van der Waals surface area contributed by atoms with Gasteiger partial charge in [-0.25, -0.2) is 9.59 Å². The zero-order valence-electron chi connectivity index (χ0n) is 22.5. The summed E-state index contributed by atoms with van der Waals surface area (Å²) in [4.78, 5) is 42.5. The summed E-state index contributed by atoms with van der Waals surface area (Å²) < 4.78 is 5.63. The van der Waals surface area contributed by atoms with Crippen molar-refractivity contribution in [3.63, 3.8) is 0 Å². The Morgan fingerprint density at radius 3 is 2.41 bits per heavy atom. The molecule has 1 unspecified atom stereocenters. The lowest BCUT2D eigenvalue weighted by atomic mass is 9.79. The molecule has 2 amide bonds. The minimum Gasteiger partial charge on any atom is -0.478 e. The monoisotopic (exact) mass is 506 g/mol. The van der Waals surface area contributed by atoms with Crippen molar-refractivity contribution in [2.45, 2.75) is 78.0 Å². The highest BCUT2D eigenvalue weighted by Crippen LogP contribution is 2.38. The van der Waals surface area contributed by atoms with Gasteiger partial charge in [-0.05, 0) is 94.2 Å². The molecule has 1 saturated carbocycles. The van der Waals surface area contributed by atoms with E-state index in [4.69, 9.17) is 4.74 Å². The molecule has 7 nitrogen and oxygen atoms in total. The van der Waals surface area contributed by atoms with Crippen LogP contribution in [0.2, 0.25) is 0 Å². The fraction of sp³-hybridized carbons (Fsp3) is 0.500. The molecular formula is C30H38N2O5. The molecule has 2 aliphatic rings. The van der Waals surface area contributed by atoms with Gasteiger partial charge < -0.3 is 19.6 Å². The summed E-state index contributed by atoms with van der Waals surface area (Å²) in [6.07, 6.45) is 2.08. The topological polar surface area (TPSA) is 87.2 Å². The molecule has 1 aliphatic heterocycles. The van der Waals surface area contributed by atoms with Gasteiger partial charge in [-0.1, -0.05) is 30.3 Å². The third-order valence-electron chi connectivity index (χ3n) is 7.47. The molecule has 0 bridgehead atoms. The van der Waals surface area contributed by atoms with E-state index in [1.54, 1.807) is 23.1 Å². The highest BCUT2D eigenvalue weighted by Gasteiger charge is 2.43. The van der Waals surface area contributed by atoms with Gasteiger partial charge in [0.1, 0.15) is 5.60 Å². The first-order valence-corrected chi connectivity index (χ1v) is 13.1. The van der Waals surface area contributed by atoms with Crippen molar-refractivity contribution < 1.29 is 24.2 Å². The number of benzene rings is 2. The molecule has 0 radical (unpaired) electrons. The van der Waals surface area contributed by atoms with Crippen LogP contribution in [0.4, 0.5) is 4.79 Å². The molecule has 198 valence electrons. The number of nitrogens with zero attached hydrogens (tertiary/aromatic N) is 2. The zero-order valence-corrected chi connectivity index (χ0v) is 22.5. The zero-order chi connectivity index (χ0) is 26.9. The van der Waals surface area contributed by atoms with E-state index in [0.29, 0.717) is 19.5 Å². The Balaban J connectivity index is 1.66. The lowest BCUT2D eigenvalue weighted by Crippen LogP contribution is -2.51. The van der Waals surface area contributed by atoms with E-state index < -0.39 is 23.6 Å². The van der Waals surface area contributed by atoms with Gasteiger partial charge in [0.25, 0.3) is 0 Å². The van der Waals surface area contributed by atoms with Gasteiger partial charge >= 0.3 is 12.1 Å². The first kappa shape index (κ1) is 26.7. The molecule has 1 aliphatic carbocycles. The molecule has 37 heavy (non-hydrogen) atoms. The molecule has 2 aromatic rings. The maximum absolute atomic E-state index is 14.3. The number of carboxylic acid groups (broad SMARTS) is 1. The van der Waals surface area contributed by atoms with E-state index in [9.17, 15) is 19.5 Å². The molecule has 0 spiro atoms. The molecule has 2 atom stereocenters. The van der Waals surface area contributed by atoms with Crippen LogP contribution >= 0.6 is 0 Å². The summed E-state index contributed by atoms with van der Waals surface area (Å²) >= 11 is 0. The number of aromatic carboxylic acids is 1. The average Bonchev–Trinajstić information content (AvgIpc) is 3.68. The number of likely N-dealkylation sites (tertiary alicyclic amines) is 1. The van der Waals surface area contributed by atoms with Gasteiger partial charge in [-0.3, -0.25) is 4.79 Å². The number of carboxylic acids is 1. The van der Waals surface area contributed by atoms with Crippen LogP contribution in [0.3, 0.4) is 0 Å². The van der Waals surface area contributed by atoms with Gasteiger partial charge in [-0.2, -0.15) is 0 Å². The highest BCUT2D eigenvalue weighted by atomic mass is 16.6. The number of hydrogen-bond acceptors (Lipinski definition) is 4. The number of carbonyl (C=O) groups is 3. The van der Waals surface area contributed by atoms with Crippen molar-refractivity contribution in [2.75, 3.05) is 13.1 Å². The molecule has 0 aromatic heterocycles. The molecule has 7 heteroatoms. The summed E-state index contributed by atoms with van der Waals surface area (Å²) in [7, 11) is 0. The first-order chi connectivity index (χ1) is 17.4. The van der Waals surface area contributed by atoms with Crippen LogP contribution < -0.4 is 0 Å². The summed E-state index contributed by atoms with van der Waals surface area (Å²) in [6, 6.07) is 13.2. The lowest BCUT2D eigenvalue weighted by molar-refractivity contribution is -0.139. The van der Waals surface area contributed by atoms with E-state index in [-0.39, 0.29) is 30.0 Å². The Morgan fingerprint density at radius 1 is 1.05 bits per heavy atom. The Bertz CT molecular complexity index is 1180. The largest absolute Gasteiger partial charge is 0.478 e. The van der Waals surface area contributed by atoms with Crippen LogP contribution in [-0.4, -0.2) is 57.6 Å². The number of piperidine rings is 1. The fourth-order valence-electron chi connectivity index (χ4n) is 5.15. The lowest BCUT2D eigenvalue weighted by Gasteiger charge is -2.40. The standard InChI is InChI=1S/C30H38N2O5/c1-19-8-6-11-23(20(19)2)17-32(24-12-13-24)27(33)26-18-31(29(36)37-30(3,4)5)15-14-25(26)21-9-7-10-22(16-21)28(34)35/h6-11,16,24-26H,12-15,17-18H2,1-5H3,(H,34,35)/t25-,26?/m1/s1. The minimum absolute atomic E-state index is 0.0161. The summed E-state index contributed by atoms with van der Waals surface area (Å²) in [6.45, 7) is 10.9. The first-order valence-electron chi connectivity index (χ1n) is 13.1. The number of ether oxygens (including phenoxy) is 1. The summed E-state index contributed by atoms with van der Waals surface area (Å²) in [5, 5.41) is 9.54. The number of rotatable bonds is 6. The molecule has 4 rings (SSSR count). The summed E-state index contributed by atoms with van der Waals surface area (Å²) in [5.41, 5.74) is 3.90. The molecule has 1 N–H and O–H groups in total. The second-order valence-corrected chi connectivity index (χ2v) is 11.4. The normalized spacial score (nSPS) is 19.9. The van der Waals surface area contributed by atoms with Gasteiger partial charge in [-0.15, -0.1) is 0 Å². The minimum atomic E-state index is -0.995. The predicted octanol–water partition coefficient (Wildman–Crippen LogP) is 5.53. The van der Waals surface area contributed by atoms with Gasteiger partial charge in [0.2, 0.25) is 5.91 Å². The third kappa shape index (κ3) is 6.32. The third-order valence-corrected chi connectivity index (χ3v) is 7.47. The molecule has 1 saturated heterocycles. The van der Waals surface area contributed by atoms with Crippen molar-refractivity contribution in [2.24, 2.45) is 5.92 Å². The highest BCUT2D eigenvalue weighted by molar-refractivity contribution is 5.88. The molecule has 2 fully saturated rings. The van der Waals surface area contributed by atoms with Crippen LogP contribution in [0.15, 0.2) is 42.5 Å². The SMILES string of the molecule is Cc1cccc(CN(C(=O)C2CN(C(=O)OC(C)(C)C)CC[C@@H]2c2cccc(C(=O)O)c2)C2CC2)c1C. The number of aryl methyl sites for hydroxylation is 1. The Morgan fingerprint density at radius 2 is 1.76 bits per heavy atom. The van der Waals surface area contributed by atoms with Gasteiger partial charge in [0.15, 0.2) is 0 Å². The van der Waals surface area contributed by atoms with Crippen molar-refractivity contribution in [3.05, 3.63) is 70.3 Å². The van der Waals surface area contributed by atoms with E-state index in [1.807, 2.05) is 37.8 Å². The number of amides is 2. The van der Waals surface area contributed by atoms with E-state index in [2.05, 4.69) is 26.0 Å². The van der Waals surface area contributed by atoms with Gasteiger partial charge in [0.05, 0.1) is 11.5 Å².